The van der Waals surface area contributed by atoms with Crippen molar-refractivity contribution in [1.29, 1.82) is 0 Å². The Morgan fingerprint density at radius 2 is 1.37 bits per heavy atom. The van der Waals surface area contributed by atoms with Crippen LogP contribution >= 0.6 is 0 Å². The summed E-state index contributed by atoms with van der Waals surface area (Å²) in [5.41, 5.74) is 15.4. The summed E-state index contributed by atoms with van der Waals surface area (Å²) in [7, 11) is 0. The summed E-state index contributed by atoms with van der Waals surface area (Å²) < 4.78 is 0. The van der Waals surface area contributed by atoms with Gasteiger partial charge in [0.25, 0.3) is 0 Å². The van der Waals surface area contributed by atoms with Gasteiger partial charge in [-0.2, -0.15) is 0 Å². The minimum Gasteiger partial charge on any atom is -0.397 e. The monoisotopic (exact) mass is 268 g/mol. The number of carbonyl (C=O) groups excluding carboxylic acids is 1. The fraction of sp³-hybridized carbons (Fsp3) is 0.562. The molecule has 0 saturated heterocycles. The molecular formula is C16H32N2O. The highest BCUT2D eigenvalue weighted by Crippen LogP contribution is 2.30. The van der Waals surface area contributed by atoms with Gasteiger partial charge in [-0.3, -0.25) is 0 Å². The molecule has 0 fully saturated rings. The van der Waals surface area contributed by atoms with E-state index in [0.717, 1.165) is 6.29 Å². The number of rotatable bonds is 0. The molecule has 0 heterocycles. The minimum atomic E-state index is 0. The maximum atomic E-state index is 8.81. The molecule has 3 nitrogen and oxygen atoms in total. The summed E-state index contributed by atoms with van der Waals surface area (Å²) in [6, 6.07) is 3.92. The number of nitrogen functional groups attached to an aromatic ring is 2. The number of nitrogens with two attached hydrogens (primary N) is 2. The molecule has 3 heteroatoms. The second kappa shape index (κ2) is 10.4. The Balaban J connectivity index is -0.000000376. The molecule has 0 spiro atoms. The highest BCUT2D eigenvalue weighted by molar-refractivity contribution is 5.66. The molecule has 0 aromatic heterocycles. The SMILES string of the molecule is C.CC.CC=O.Cc1cc(N)c(N)cc1C(C)(C)C. The first kappa shape index (κ1) is 22.7. The Kier molecular flexibility index (Phi) is 12.4. The summed E-state index contributed by atoms with van der Waals surface area (Å²) in [6.07, 6.45) is 0.750. The molecule has 1 rings (SSSR count). The molecule has 0 aliphatic heterocycles. The summed E-state index contributed by atoms with van der Waals surface area (Å²) in [4.78, 5) is 8.81. The summed E-state index contributed by atoms with van der Waals surface area (Å²) >= 11 is 0. The zero-order chi connectivity index (χ0) is 14.9. The lowest BCUT2D eigenvalue weighted by Crippen LogP contribution is -2.14. The van der Waals surface area contributed by atoms with Crippen molar-refractivity contribution in [2.24, 2.45) is 0 Å². The predicted octanol–water partition coefficient (Wildman–Crippen LogP) is 4.32. The first-order chi connectivity index (χ1) is 8.23. The van der Waals surface area contributed by atoms with E-state index in [-0.39, 0.29) is 12.8 Å². The van der Waals surface area contributed by atoms with E-state index in [4.69, 9.17) is 16.3 Å². The van der Waals surface area contributed by atoms with E-state index in [1.165, 1.54) is 18.1 Å². The van der Waals surface area contributed by atoms with E-state index in [9.17, 15) is 0 Å². The van der Waals surface area contributed by atoms with E-state index in [1.54, 1.807) is 0 Å². The first-order valence-corrected chi connectivity index (χ1v) is 6.30. The first-order valence-electron chi connectivity index (χ1n) is 6.30. The molecule has 0 bridgehead atoms. The normalized spacial score (nSPS) is 9.00. The van der Waals surface area contributed by atoms with Gasteiger partial charge in [-0.25, -0.2) is 0 Å². The molecule has 0 aliphatic carbocycles. The van der Waals surface area contributed by atoms with Gasteiger partial charge in [0.2, 0.25) is 0 Å². The minimum absolute atomic E-state index is 0. The lowest BCUT2D eigenvalue weighted by atomic mass is 9.83. The molecule has 4 N–H and O–H groups in total. The maximum absolute atomic E-state index is 8.81. The topological polar surface area (TPSA) is 69.1 Å². The molecular weight excluding hydrogens is 236 g/mol. The van der Waals surface area contributed by atoms with E-state index < -0.39 is 0 Å². The van der Waals surface area contributed by atoms with Gasteiger partial charge in [-0.05, 0) is 42.5 Å². The number of carbonyl (C=O) groups is 1. The van der Waals surface area contributed by atoms with Crippen molar-refractivity contribution in [2.45, 2.75) is 61.3 Å². The van der Waals surface area contributed by atoms with Crippen LogP contribution in [0, 0.1) is 6.92 Å². The fourth-order valence-corrected chi connectivity index (χ4v) is 1.56. The quantitative estimate of drug-likeness (QED) is 0.543. The van der Waals surface area contributed by atoms with Crippen molar-refractivity contribution in [2.75, 3.05) is 11.5 Å². The second-order valence-electron chi connectivity index (χ2n) is 4.78. The summed E-state index contributed by atoms with van der Waals surface area (Å²) in [5, 5.41) is 0. The zero-order valence-corrected chi connectivity index (χ0v) is 12.8. The van der Waals surface area contributed by atoms with Crippen molar-refractivity contribution >= 4 is 17.7 Å². The van der Waals surface area contributed by atoms with Crippen molar-refractivity contribution in [3.63, 3.8) is 0 Å². The van der Waals surface area contributed by atoms with Crippen LogP contribution in [0.3, 0.4) is 0 Å². The molecule has 0 saturated carbocycles. The second-order valence-corrected chi connectivity index (χ2v) is 4.78. The van der Waals surface area contributed by atoms with Crippen LogP contribution in [-0.4, -0.2) is 6.29 Å². The third kappa shape index (κ3) is 8.25. The highest BCUT2D eigenvalue weighted by atomic mass is 16.1. The van der Waals surface area contributed by atoms with E-state index in [0.29, 0.717) is 11.4 Å². The van der Waals surface area contributed by atoms with Crippen LogP contribution in [0.4, 0.5) is 11.4 Å². The van der Waals surface area contributed by atoms with Gasteiger partial charge in [-0.15, -0.1) is 0 Å². The van der Waals surface area contributed by atoms with Crippen LogP contribution in [-0.2, 0) is 10.2 Å². The Morgan fingerprint density at radius 1 is 1.05 bits per heavy atom. The van der Waals surface area contributed by atoms with Crippen molar-refractivity contribution in [1.82, 2.24) is 0 Å². The van der Waals surface area contributed by atoms with Crippen LogP contribution in [0.25, 0.3) is 0 Å². The zero-order valence-electron chi connectivity index (χ0n) is 12.8. The Bertz CT molecular complexity index is 366. The van der Waals surface area contributed by atoms with Crippen molar-refractivity contribution in [3.05, 3.63) is 23.3 Å². The molecule has 112 valence electrons. The smallest absolute Gasteiger partial charge is 0.116 e. The fourth-order valence-electron chi connectivity index (χ4n) is 1.56. The summed E-state index contributed by atoms with van der Waals surface area (Å²) in [6.45, 7) is 14.0. The number of aryl methyl sites for hydroxylation is 1. The van der Waals surface area contributed by atoms with Crippen LogP contribution < -0.4 is 11.5 Å². The van der Waals surface area contributed by atoms with E-state index >= 15 is 0 Å². The van der Waals surface area contributed by atoms with Gasteiger partial charge in [0, 0.05) is 0 Å². The molecule has 0 amide bonds. The Hall–Kier alpha value is -1.51. The molecule has 19 heavy (non-hydrogen) atoms. The number of benzene rings is 1. The van der Waals surface area contributed by atoms with Gasteiger partial charge in [0.15, 0.2) is 0 Å². The van der Waals surface area contributed by atoms with Gasteiger partial charge in [-0.1, -0.05) is 42.0 Å². The van der Waals surface area contributed by atoms with Crippen LogP contribution in [0.2, 0.25) is 0 Å². The van der Waals surface area contributed by atoms with Gasteiger partial charge < -0.3 is 16.3 Å². The lowest BCUT2D eigenvalue weighted by Gasteiger charge is -2.22. The Labute approximate surface area is 119 Å². The Morgan fingerprint density at radius 3 is 1.68 bits per heavy atom. The van der Waals surface area contributed by atoms with Gasteiger partial charge in [0.1, 0.15) is 6.29 Å². The largest absolute Gasteiger partial charge is 0.397 e. The highest BCUT2D eigenvalue weighted by Gasteiger charge is 2.17. The lowest BCUT2D eigenvalue weighted by molar-refractivity contribution is -0.106. The number of anilines is 2. The molecule has 0 unspecified atom stereocenters. The number of aldehydes is 1. The third-order valence-electron chi connectivity index (χ3n) is 2.24. The van der Waals surface area contributed by atoms with Crippen molar-refractivity contribution in [3.8, 4) is 0 Å². The van der Waals surface area contributed by atoms with E-state index in [1.807, 2.05) is 26.0 Å². The summed E-state index contributed by atoms with van der Waals surface area (Å²) in [5.74, 6) is 0. The van der Waals surface area contributed by atoms with Crippen LogP contribution in [0.1, 0.15) is 60.1 Å². The maximum Gasteiger partial charge on any atom is 0.116 e. The standard InChI is InChI=1S/C11H18N2.C2H4O.C2H6.CH4/c1-7-5-9(12)10(13)6-8(7)11(2,3)4;1-2-3;1-2;/h5-6H,12-13H2,1-4H3;2H,1H3;1-2H3;1H4. The number of hydrogen-bond donors (Lipinski definition) is 2. The average molecular weight is 268 g/mol. The molecule has 0 aliphatic rings. The number of hydrogen-bond acceptors (Lipinski definition) is 3. The predicted molar refractivity (Wildman–Crippen MR) is 88.5 cm³/mol. The van der Waals surface area contributed by atoms with Gasteiger partial charge in [0.05, 0.1) is 11.4 Å². The molecule has 1 aromatic carbocycles. The molecule has 0 atom stereocenters. The average Bonchev–Trinajstić information content (AvgIpc) is 2.26. The molecule has 0 radical (unpaired) electrons. The van der Waals surface area contributed by atoms with Crippen LogP contribution in [0.5, 0.6) is 0 Å². The van der Waals surface area contributed by atoms with Crippen molar-refractivity contribution < 1.29 is 4.79 Å². The third-order valence-corrected chi connectivity index (χ3v) is 2.24. The van der Waals surface area contributed by atoms with E-state index in [2.05, 4.69) is 27.7 Å². The van der Waals surface area contributed by atoms with Gasteiger partial charge >= 0.3 is 0 Å². The van der Waals surface area contributed by atoms with Crippen LogP contribution in [0.15, 0.2) is 12.1 Å². The molecule has 1 aromatic rings.